The summed E-state index contributed by atoms with van der Waals surface area (Å²) in [4.78, 5) is 5.99. The average molecular weight is 402 g/mol. The molecule has 0 saturated heterocycles. The molecule has 0 unspecified atom stereocenters. The van der Waals surface area contributed by atoms with Crippen LogP contribution in [0.1, 0.15) is 12.0 Å². The fourth-order valence-corrected chi connectivity index (χ4v) is 3.69. The number of fused-ring (bicyclic) bond motifs is 1. The third-order valence-electron chi connectivity index (χ3n) is 4.00. The normalized spacial score (nSPS) is 16.1. The highest BCUT2D eigenvalue weighted by Crippen LogP contribution is 2.38. The van der Waals surface area contributed by atoms with E-state index < -0.39 is 10.0 Å². The van der Waals surface area contributed by atoms with Crippen LogP contribution in [0.4, 0.5) is 11.4 Å². The summed E-state index contributed by atoms with van der Waals surface area (Å²) >= 11 is 6.05. The minimum Gasteiger partial charge on any atom is -0.300 e. The van der Waals surface area contributed by atoms with Crippen LogP contribution in [-0.2, 0) is 10.0 Å². The van der Waals surface area contributed by atoms with E-state index >= 15 is 0 Å². The van der Waals surface area contributed by atoms with Crippen molar-refractivity contribution >= 4 is 44.9 Å². The van der Waals surface area contributed by atoms with Crippen LogP contribution in [0.15, 0.2) is 65.8 Å². The molecule has 2 aromatic rings. The molecule has 0 spiro atoms. The van der Waals surface area contributed by atoms with Gasteiger partial charge >= 0.3 is 0 Å². The zero-order valence-corrected chi connectivity index (χ0v) is 15.9. The number of halogens is 1. The Balaban J connectivity index is 1.76. The number of hydrogen-bond donors (Lipinski definition) is 1. The fourth-order valence-electron chi connectivity index (χ4n) is 2.96. The molecule has 3 heterocycles. The molecule has 0 aliphatic carbocycles. The number of rotatable bonds is 4. The van der Waals surface area contributed by atoms with Gasteiger partial charge in [0.05, 0.1) is 17.6 Å². The Labute approximate surface area is 162 Å². The summed E-state index contributed by atoms with van der Waals surface area (Å²) in [5, 5.41) is 6.72. The van der Waals surface area contributed by atoms with Crippen LogP contribution in [0.25, 0.3) is 5.70 Å². The standard InChI is InChI=1S/C18H16ClN5O2S/c1-27(25,26)22-14-4-2-5-15(11-14)23-12-16(13-7-9-20-17(19)10-13)24-18(23)6-3-8-21-24/h2,4-12,22H,3H2,1H3. The summed E-state index contributed by atoms with van der Waals surface area (Å²) in [6.45, 7) is 0. The van der Waals surface area contributed by atoms with Crippen molar-refractivity contribution < 1.29 is 8.42 Å². The van der Waals surface area contributed by atoms with Gasteiger partial charge in [-0.3, -0.25) is 9.62 Å². The summed E-state index contributed by atoms with van der Waals surface area (Å²) in [7, 11) is -3.35. The fraction of sp³-hybridized carbons (Fsp3) is 0.111. The van der Waals surface area contributed by atoms with Crippen molar-refractivity contribution in [1.29, 1.82) is 0 Å². The number of sulfonamides is 1. The van der Waals surface area contributed by atoms with Crippen LogP contribution in [0.2, 0.25) is 5.15 Å². The van der Waals surface area contributed by atoms with Gasteiger partial charge in [-0.25, -0.2) is 18.4 Å². The zero-order chi connectivity index (χ0) is 19.0. The lowest BCUT2D eigenvalue weighted by Gasteiger charge is -2.25. The van der Waals surface area contributed by atoms with Crippen molar-refractivity contribution in [3.05, 3.63) is 71.4 Å². The summed E-state index contributed by atoms with van der Waals surface area (Å²) in [5.41, 5.74) is 3.04. The molecule has 1 N–H and O–H groups in total. The summed E-state index contributed by atoms with van der Waals surface area (Å²) in [6, 6.07) is 10.8. The Hall–Kier alpha value is -2.84. The van der Waals surface area contributed by atoms with Crippen LogP contribution >= 0.6 is 11.6 Å². The molecule has 1 aromatic carbocycles. The van der Waals surface area contributed by atoms with E-state index in [-0.39, 0.29) is 0 Å². The van der Waals surface area contributed by atoms with Gasteiger partial charge in [0.15, 0.2) is 0 Å². The first kappa shape index (κ1) is 17.6. The summed E-state index contributed by atoms with van der Waals surface area (Å²) < 4.78 is 25.6. The van der Waals surface area contributed by atoms with Crippen LogP contribution < -0.4 is 9.62 Å². The smallest absolute Gasteiger partial charge is 0.229 e. The molecular formula is C18H16ClN5O2S. The van der Waals surface area contributed by atoms with Gasteiger partial charge in [0.25, 0.3) is 0 Å². The molecule has 138 valence electrons. The van der Waals surface area contributed by atoms with Gasteiger partial charge < -0.3 is 0 Å². The van der Waals surface area contributed by atoms with E-state index in [1.807, 2.05) is 34.5 Å². The average Bonchev–Trinajstić information content (AvgIpc) is 3.00. The topological polar surface area (TPSA) is 77.9 Å². The van der Waals surface area contributed by atoms with Gasteiger partial charge in [-0.1, -0.05) is 17.7 Å². The quantitative estimate of drug-likeness (QED) is 0.794. The van der Waals surface area contributed by atoms with Gasteiger partial charge in [-0.05, 0) is 36.4 Å². The highest BCUT2D eigenvalue weighted by molar-refractivity contribution is 7.92. The molecule has 7 nitrogen and oxygen atoms in total. The van der Waals surface area contributed by atoms with E-state index in [0.29, 0.717) is 17.3 Å². The molecule has 27 heavy (non-hydrogen) atoms. The molecule has 4 rings (SSSR count). The Morgan fingerprint density at radius 2 is 2.07 bits per heavy atom. The van der Waals surface area contributed by atoms with Crippen molar-refractivity contribution in [2.24, 2.45) is 5.10 Å². The third-order valence-corrected chi connectivity index (χ3v) is 4.81. The Morgan fingerprint density at radius 1 is 1.22 bits per heavy atom. The highest BCUT2D eigenvalue weighted by Gasteiger charge is 2.30. The van der Waals surface area contributed by atoms with Gasteiger partial charge in [0.1, 0.15) is 11.0 Å². The van der Waals surface area contributed by atoms with Crippen molar-refractivity contribution in [3.63, 3.8) is 0 Å². The lowest BCUT2D eigenvalue weighted by molar-refractivity contribution is 0.526. The maximum Gasteiger partial charge on any atom is 0.229 e. The molecule has 1 aromatic heterocycles. The molecule has 2 aliphatic rings. The van der Waals surface area contributed by atoms with Crippen molar-refractivity contribution in [1.82, 2.24) is 9.99 Å². The molecule has 0 fully saturated rings. The van der Waals surface area contributed by atoms with E-state index in [4.69, 9.17) is 11.6 Å². The lowest BCUT2D eigenvalue weighted by atomic mass is 10.2. The number of hydrogen-bond acceptors (Lipinski definition) is 6. The first-order valence-corrected chi connectivity index (χ1v) is 10.4. The molecule has 2 aliphatic heterocycles. The van der Waals surface area contributed by atoms with E-state index in [0.717, 1.165) is 29.0 Å². The predicted molar refractivity (Wildman–Crippen MR) is 108 cm³/mol. The molecule has 0 atom stereocenters. The Bertz CT molecular complexity index is 1090. The van der Waals surface area contributed by atoms with E-state index in [1.54, 1.807) is 30.5 Å². The first-order chi connectivity index (χ1) is 12.9. The monoisotopic (exact) mass is 401 g/mol. The third kappa shape index (κ3) is 3.67. The number of anilines is 2. The maximum absolute atomic E-state index is 11.5. The first-order valence-electron chi connectivity index (χ1n) is 8.14. The molecule has 0 radical (unpaired) electrons. The zero-order valence-electron chi connectivity index (χ0n) is 14.4. The molecular weight excluding hydrogens is 386 g/mol. The largest absolute Gasteiger partial charge is 0.300 e. The second kappa shape index (κ2) is 6.71. The SMILES string of the molecule is CS(=O)(=O)Nc1cccc(N2C=C(c3ccnc(Cl)c3)N3N=CCC=C32)c1. The summed E-state index contributed by atoms with van der Waals surface area (Å²) in [6.07, 6.45) is 9.30. The van der Waals surface area contributed by atoms with Gasteiger partial charge in [0, 0.05) is 36.3 Å². The number of benzene rings is 1. The van der Waals surface area contributed by atoms with Crippen molar-refractivity contribution in [3.8, 4) is 0 Å². The highest BCUT2D eigenvalue weighted by atomic mass is 35.5. The second-order valence-corrected chi connectivity index (χ2v) is 8.22. The van der Waals surface area contributed by atoms with Gasteiger partial charge in [-0.15, -0.1) is 0 Å². The minimum atomic E-state index is -3.35. The van der Waals surface area contributed by atoms with E-state index in [1.165, 1.54) is 0 Å². The Kier molecular flexibility index (Phi) is 4.37. The van der Waals surface area contributed by atoms with Crippen LogP contribution in [0.3, 0.4) is 0 Å². The van der Waals surface area contributed by atoms with Gasteiger partial charge in [-0.2, -0.15) is 5.10 Å². The maximum atomic E-state index is 11.5. The number of hydrazone groups is 1. The Morgan fingerprint density at radius 3 is 2.85 bits per heavy atom. The second-order valence-electron chi connectivity index (χ2n) is 6.08. The number of nitrogens with zero attached hydrogens (tertiary/aromatic N) is 4. The number of aromatic nitrogens is 1. The van der Waals surface area contributed by atoms with Crippen molar-refractivity contribution in [2.45, 2.75) is 6.42 Å². The van der Waals surface area contributed by atoms with E-state index in [2.05, 4.69) is 20.9 Å². The molecule has 9 heteroatoms. The summed E-state index contributed by atoms with van der Waals surface area (Å²) in [5.74, 6) is 0.872. The molecule has 0 amide bonds. The minimum absolute atomic E-state index is 0.401. The number of nitrogens with one attached hydrogen (secondary N) is 1. The predicted octanol–water partition coefficient (Wildman–Crippen LogP) is 3.46. The van der Waals surface area contributed by atoms with E-state index in [9.17, 15) is 8.42 Å². The van der Waals surface area contributed by atoms with Crippen LogP contribution in [0.5, 0.6) is 0 Å². The lowest BCUT2D eigenvalue weighted by Crippen LogP contribution is -2.22. The van der Waals surface area contributed by atoms with Gasteiger partial charge in [0.2, 0.25) is 10.0 Å². The van der Waals surface area contributed by atoms with Crippen LogP contribution in [-0.4, -0.2) is 30.9 Å². The van der Waals surface area contributed by atoms with Crippen LogP contribution in [0, 0.1) is 0 Å². The van der Waals surface area contributed by atoms with Crippen molar-refractivity contribution in [2.75, 3.05) is 15.9 Å². The number of allylic oxidation sites excluding steroid dienone is 1. The molecule has 0 saturated carbocycles. The molecule has 0 bridgehead atoms. The number of pyridine rings is 1.